The van der Waals surface area contributed by atoms with E-state index in [4.69, 9.17) is 27.9 Å². The summed E-state index contributed by atoms with van der Waals surface area (Å²) in [7, 11) is 1.67. The first-order chi connectivity index (χ1) is 12.6. The van der Waals surface area contributed by atoms with Gasteiger partial charge < -0.3 is 19.9 Å². The number of methoxy groups -OCH3 is 1. The van der Waals surface area contributed by atoms with Crippen molar-refractivity contribution in [1.29, 1.82) is 0 Å². The number of nitrogens with one attached hydrogen (secondary N) is 1. The second kappa shape index (κ2) is 8.52. The zero-order chi connectivity index (χ0) is 18.5. The highest BCUT2D eigenvalue weighted by Crippen LogP contribution is 2.30. The Morgan fingerprint density at radius 1 is 1.08 bits per heavy atom. The lowest BCUT2D eigenvalue weighted by atomic mass is 10.2. The molecule has 138 valence electrons. The average molecular weight is 394 g/mol. The van der Waals surface area contributed by atoms with Gasteiger partial charge in [0, 0.05) is 26.2 Å². The molecule has 0 aromatic heterocycles. The zero-order valence-electron chi connectivity index (χ0n) is 14.5. The first-order valence-electron chi connectivity index (χ1n) is 8.44. The molecule has 1 amide bonds. The monoisotopic (exact) mass is 393 g/mol. The highest BCUT2D eigenvalue weighted by Gasteiger charge is 2.22. The second-order valence-corrected chi connectivity index (χ2v) is 6.78. The lowest BCUT2D eigenvalue weighted by Crippen LogP contribution is -2.50. The summed E-state index contributed by atoms with van der Waals surface area (Å²) in [5.41, 5.74) is 1.73. The van der Waals surface area contributed by atoms with Crippen molar-refractivity contribution < 1.29 is 9.53 Å². The Bertz CT molecular complexity index is 777. The van der Waals surface area contributed by atoms with Crippen molar-refractivity contribution in [2.75, 3.05) is 50.1 Å². The molecule has 0 bridgehead atoms. The van der Waals surface area contributed by atoms with E-state index in [0.29, 0.717) is 28.8 Å². The van der Waals surface area contributed by atoms with Gasteiger partial charge in [-0.25, -0.2) is 0 Å². The number of amides is 1. The molecule has 3 rings (SSSR count). The molecule has 0 aliphatic carbocycles. The van der Waals surface area contributed by atoms with E-state index in [2.05, 4.69) is 10.2 Å². The fourth-order valence-electron chi connectivity index (χ4n) is 3.01. The van der Waals surface area contributed by atoms with Gasteiger partial charge in [-0.15, -0.1) is 0 Å². The van der Waals surface area contributed by atoms with Crippen molar-refractivity contribution in [3.8, 4) is 5.75 Å². The van der Waals surface area contributed by atoms with E-state index in [1.165, 1.54) is 0 Å². The van der Waals surface area contributed by atoms with Gasteiger partial charge in [-0.3, -0.25) is 4.79 Å². The quantitative estimate of drug-likeness (QED) is 0.839. The molecule has 1 N–H and O–H groups in total. The molecule has 2 aromatic carbocycles. The summed E-state index contributed by atoms with van der Waals surface area (Å²) in [6, 6.07) is 13.3. The number of hydrogen-bond donors (Lipinski definition) is 1. The first kappa shape index (κ1) is 18.7. The molecule has 1 fully saturated rings. The highest BCUT2D eigenvalue weighted by atomic mass is 35.5. The number of rotatable bonds is 5. The molecule has 7 heteroatoms. The summed E-state index contributed by atoms with van der Waals surface area (Å²) in [5, 5.41) is 3.97. The Balaban J connectivity index is 1.54. The predicted octanol–water partition coefficient (Wildman–Crippen LogP) is 3.76. The van der Waals surface area contributed by atoms with Crippen molar-refractivity contribution in [3.63, 3.8) is 0 Å². The molecule has 0 spiro atoms. The van der Waals surface area contributed by atoms with Gasteiger partial charge in [-0.1, -0.05) is 41.4 Å². The number of nitrogens with zero attached hydrogens (tertiary/aromatic N) is 2. The van der Waals surface area contributed by atoms with E-state index < -0.39 is 0 Å². The largest absolute Gasteiger partial charge is 0.495 e. The molecule has 1 aliphatic rings. The lowest BCUT2D eigenvalue weighted by molar-refractivity contribution is -0.129. The minimum Gasteiger partial charge on any atom is -0.495 e. The third-order valence-corrected chi connectivity index (χ3v) is 5.26. The van der Waals surface area contributed by atoms with Gasteiger partial charge in [0.2, 0.25) is 5.91 Å². The summed E-state index contributed by atoms with van der Waals surface area (Å²) < 4.78 is 5.43. The van der Waals surface area contributed by atoms with E-state index in [1.807, 2.05) is 29.2 Å². The van der Waals surface area contributed by atoms with Gasteiger partial charge in [0.15, 0.2) is 0 Å². The van der Waals surface area contributed by atoms with Crippen LogP contribution in [0.3, 0.4) is 0 Å². The maximum atomic E-state index is 12.5. The zero-order valence-corrected chi connectivity index (χ0v) is 16.1. The smallest absolute Gasteiger partial charge is 0.241 e. The lowest BCUT2D eigenvalue weighted by Gasteiger charge is -2.36. The minimum absolute atomic E-state index is 0.0423. The van der Waals surface area contributed by atoms with Gasteiger partial charge in [-0.05, 0) is 24.3 Å². The molecule has 1 heterocycles. The number of carbonyl (C=O) groups excluding carboxylic acids is 1. The molecule has 2 aromatic rings. The van der Waals surface area contributed by atoms with E-state index in [-0.39, 0.29) is 12.5 Å². The molecule has 0 unspecified atom stereocenters. The van der Waals surface area contributed by atoms with Gasteiger partial charge >= 0.3 is 0 Å². The van der Waals surface area contributed by atoms with Crippen molar-refractivity contribution in [3.05, 3.63) is 52.5 Å². The van der Waals surface area contributed by atoms with Crippen LogP contribution in [0.1, 0.15) is 0 Å². The summed E-state index contributed by atoms with van der Waals surface area (Å²) >= 11 is 12.1. The number of hydrogen-bond acceptors (Lipinski definition) is 4. The molecular weight excluding hydrogens is 373 g/mol. The van der Waals surface area contributed by atoms with E-state index in [9.17, 15) is 4.79 Å². The molecule has 26 heavy (non-hydrogen) atoms. The minimum atomic E-state index is 0.0423. The van der Waals surface area contributed by atoms with Crippen molar-refractivity contribution >= 4 is 40.5 Å². The van der Waals surface area contributed by atoms with Gasteiger partial charge in [0.05, 0.1) is 35.1 Å². The van der Waals surface area contributed by atoms with Crippen LogP contribution in [0.25, 0.3) is 0 Å². The molecule has 5 nitrogen and oxygen atoms in total. The molecular formula is C19H21Cl2N3O2. The van der Waals surface area contributed by atoms with Crippen molar-refractivity contribution in [1.82, 2.24) is 4.90 Å². The van der Waals surface area contributed by atoms with Crippen LogP contribution in [-0.4, -0.2) is 50.6 Å². The Morgan fingerprint density at radius 3 is 2.54 bits per heavy atom. The Morgan fingerprint density at radius 2 is 1.81 bits per heavy atom. The Labute approximate surface area is 163 Å². The van der Waals surface area contributed by atoms with Crippen LogP contribution in [0.5, 0.6) is 5.75 Å². The van der Waals surface area contributed by atoms with Crippen molar-refractivity contribution in [2.45, 2.75) is 0 Å². The third-order valence-electron chi connectivity index (χ3n) is 4.44. The molecule has 0 radical (unpaired) electrons. The molecule has 0 saturated carbocycles. The van der Waals surface area contributed by atoms with Crippen LogP contribution in [-0.2, 0) is 4.79 Å². The topological polar surface area (TPSA) is 44.8 Å². The first-order valence-corrected chi connectivity index (χ1v) is 9.19. The summed E-state index contributed by atoms with van der Waals surface area (Å²) in [4.78, 5) is 16.6. The summed E-state index contributed by atoms with van der Waals surface area (Å²) in [5.74, 6) is 0.894. The number of benzene rings is 2. The molecule has 0 atom stereocenters. The maximum absolute atomic E-state index is 12.5. The second-order valence-electron chi connectivity index (χ2n) is 5.99. The number of para-hydroxylation sites is 2. The number of ether oxygens (including phenoxy) is 1. The molecule has 1 saturated heterocycles. The highest BCUT2D eigenvalue weighted by molar-refractivity contribution is 6.43. The van der Waals surface area contributed by atoms with Crippen LogP contribution < -0.4 is 15.0 Å². The van der Waals surface area contributed by atoms with Crippen LogP contribution in [0.15, 0.2) is 42.5 Å². The third kappa shape index (κ3) is 4.17. The number of piperazine rings is 1. The predicted molar refractivity (Wildman–Crippen MR) is 107 cm³/mol. The van der Waals surface area contributed by atoms with Crippen LogP contribution in [0.4, 0.5) is 11.4 Å². The normalized spacial score (nSPS) is 14.3. The van der Waals surface area contributed by atoms with E-state index in [0.717, 1.165) is 24.5 Å². The van der Waals surface area contributed by atoms with Gasteiger partial charge in [0.1, 0.15) is 5.75 Å². The van der Waals surface area contributed by atoms with Crippen LogP contribution in [0.2, 0.25) is 10.0 Å². The Hall–Kier alpha value is -2.11. The van der Waals surface area contributed by atoms with Crippen LogP contribution >= 0.6 is 23.2 Å². The molecule has 1 aliphatic heterocycles. The Kier molecular flexibility index (Phi) is 6.12. The summed E-state index contributed by atoms with van der Waals surface area (Å²) in [6.45, 7) is 3.06. The van der Waals surface area contributed by atoms with Crippen molar-refractivity contribution in [2.24, 2.45) is 0 Å². The standard InChI is InChI=1S/C19H21Cl2N3O2/c1-26-17-8-3-2-7-16(17)23-9-11-24(12-10-23)18(25)13-22-15-6-4-5-14(20)19(15)21/h2-8,22H,9-13H2,1H3. The number of halogens is 2. The van der Waals surface area contributed by atoms with E-state index in [1.54, 1.807) is 25.3 Å². The summed E-state index contributed by atoms with van der Waals surface area (Å²) in [6.07, 6.45) is 0. The number of carbonyl (C=O) groups is 1. The maximum Gasteiger partial charge on any atom is 0.241 e. The van der Waals surface area contributed by atoms with Gasteiger partial charge in [-0.2, -0.15) is 0 Å². The number of anilines is 2. The van der Waals surface area contributed by atoms with Crippen LogP contribution in [0, 0.1) is 0 Å². The van der Waals surface area contributed by atoms with Gasteiger partial charge in [0.25, 0.3) is 0 Å². The van der Waals surface area contributed by atoms with E-state index >= 15 is 0 Å². The average Bonchev–Trinajstić information content (AvgIpc) is 2.69. The SMILES string of the molecule is COc1ccccc1N1CCN(C(=O)CNc2cccc(Cl)c2Cl)CC1. The fourth-order valence-corrected chi connectivity index (χ4v) is 3.38. The fraction of sp³-hybridized carbons (Fsp3) is 0.316.